The number of carbonyl (C=O) groups excluding carboxylic acids is 2. The molecule has 6 nitrogen and oxygen atoms in total. The molecule has 1 saturated carbocycles. The van der Waals surface area contributed by atoms with Crippen LogP contribution in [0.15, 0.2) is 12.1 Å². The van der Waals surface area contributed by atoms with Crippen LogP contribution in [0, 0.1) is 25.2 Å². The van der Waals surface area contributed by atoms with Crippen molar-refractivity contribution >= 4 is 23.5 Å². The van der Waals surface area contributed by atoms with Crippen LogP contribution in [0.2, 0.25) is 5.02 Å². The molecule has 0 unspecified atom stereocenters. The number of nitriles is 1. The van der Waals surface area contributed by atoms with Gasteiger partial charge in [-0.3, -0.25) is 4.79 Å². The predicted molar refractivity (Wildman–Crippen MR) is 102 cm³/mol. The Morgan fingerprint density at radius 1 is 1.26 bits per heavy atom. The van der Waals surface area contributed by atoms with Crippen LogP contribution in [0.5, 0.6) is 5.75 Å². The van der Waals surface area contributed by atoms with Gasteiger partial charge in [0.2, 0.25) is 0 Å². The monoisotopic (exact) mass is 392 g/mol. The lowest BCUT2D eigenvalue weighted by Gasteiger charge is -2.32. The second-order valence-electron chi connectivity index (χ2n) is 7.03. The van der Waals surface area contributed by atoms with E-state index in [1.165, 1.54) is 6.92 Å². The normalized spacial score (nSPS) is 16.7. The number of hydrogen-bond donors (Lipinski definition) is 1. The predicted octanol–water partition coefficient (Wildman–Crippen LogP) is 3.61. The summed E-state index contributed by atoms with van der Waals surface area (Å²) in [6.07, 6.45) is 3.10. The summed E-state index contributed by atoms with van der Waals surface area (Å²) in [5.41, 5.74) is 0.767. The van der Waals surface area contributed by atoms with E-state index in [1.54, 1.807) is 12.1 Å². The molecule has 0 aliphatic heterocycles. The molecule has 27 heavy (non-hydrogen) atoms. The number of esters is 1. The molecular weight excluding hydrogens is 368 g/mol. The van der Waals surface area contributed by atoms with Gasteiger partial charge in [-0.1, -0.05) is 30.9 Å². The minimum absolute atomic E-state index is 0.315. The molecule has 0 bridgehead atoms. The Morgan fingerprint density at radius 2 is 1.85 bits per heavy atom. The second-order valence-corrected chi connectivity index (χ2v) is 7.47. The number of halogens is 1. The van der Waals surface area contributed by atoms with E-state index in [0.717, 1.165) is 30.4 Å². The van der Waals surface area contributed by atoms with Crippen molar-refractivity contribution in [3.63, 3.8) is 0 Å². The Kier molecular flexibility index (Phi) is 7.09. The Balaban J connectivity index is 1.88. The van der Waals surface area contributed by atoms with Crippen LogP contribution in [-0.4, -0.2) is 30.1 Å². The summed E-state index contributed by atoms with van der Waals surface area (Å²) in [4.78, 5) is 24.4. The maximum Gasteiger partial charge on any atom is 0.344 e. The maximum atomic E-state index is 12.3. The molecule has 0 heterocycles. The van der Waals surface area contributed by atoms with E-state index in [2.05, 4.69) is 11.4 Å². The average molecular weight is 393 g/mol. The van der Waals surface area contributed by atoms with Gasteiger partial charge in [-0.15, -0.1) is 0 Å². The van der Waals surface area contributed by atoms with Crippen molar-refractivity contribution in [2.75, 3.05) is 6.61 Å². The Bertz CT molecular complexity index is 728. The summed E-state index contributed by atoms with van der Waals surface area (Å²) in [5.74, 6) is -0.550. The quantitative estimate of drug-likeness (QED) is 0.747. The summed E-state index contributed by atoms with van der Waals surface area (Å²) in [7, 11) is 0. The molecule has 1 amide bonds. The largest absolute Gasteiger partial charge is 0.481 e. The number of amides is 1. The molecule has 0 radical (unpaired) electrons. The van der Waals surface area contributed by atoms with Crippen molar-refractivity contribution in [2.45, 2.75) is 64.5 Å². The Hall–Kier alpha value is -2.26. The highest BCUT2D eigenvalue weighted by Gasteiger charge is 2.35. The fourth-order valence-corrected chi connectivity index (χ4v) is 3.63. The van der Waals surface area contributed by atoms with E-state index in [9.17, 15) is 14.9 Å². The molecule has 146 valence electrons. The Morgan fingerprint density at radius 3 is 2.41 bits per heavy atom. The summed E-state index contributed by atoms with van der Waals surface area (Å²) >= 11 is 5.98. The van der Waals surface area contributed by atoms with Gasteiger partial charge in [0.15, 0.2) is 12.7 Å². The molecule has 7 heteroatoms. The number of nitrogens with one attached hydrogen (secondary N) is 1. The highest BCUT2D eigenvalue weighted by molar-refractivity contribution is 6.30. The number of hydrogen-bond acceptors (Lipinski definition) is 5. The molecule has 1 aromatic rings. The second kappa shape index (κ2) is 9.09. The van der Waals surface area contributed by atoms with Gasteiger partial charge < -0.3 is 14.8 Å². The highest BCUT2D eigenvalue weighted by atomic mass is 35.5. The van der Waals surface area contributed by atoms with E-state index in [1.807, 2.05) is 13.8 Å². The molecule has 1 aliphatic carbocycles. The van der Waals surface area contributed by atoms with Gasteiger partial charge in [0.05, 0.1) is 6.07 Å². The minimum atomic E-state index is -0.999. The highest BCUT2D eigenvalue weighted by Crippen LogP contribution is 2.28. The first-order valence-electron chi connectivity index (χ1n) is 9.08. The number of carbonyl (C=O) groups is 2. The van der Waals surface area contributed by atoms with Crippen LogP contribution in [0.25, 0.3) is 0 Å². The van der Waals surface area contributed by atoms with Gasteiger partial charge in [0.25, 0.3) is 5.91 Å². The molecule has 1 N–H and O–H groups in total. The van der Waals surface area contributed by atoms with Gasteiger partial charge in [-0.05, 0) is 56.9 Å². The van der Waals surface area contributed by atoms with Crippen LogP contribution in [-0.2, 0) is 14.3 Å². The maximum absolute atomic E-state index is 12.3. The first-order chi connectivity index (χ1) is 12.8. The van der Waals surface area contributed by atoms with E-state index in [0.29, 0.717) is 23.6 Å². The topological polar surface area (TPSA) is 88.4 Å². The SMILES string of the molecule is Cc1cc(Cl)cc(C)c1OCC(=O)O[C@H](C)C(=O)NC1(C#N)CCCCC1. The fourth-order valence-electron chi connectivity index (χ4n) is 3.30. The summed E-state index contributed by atoms with van der Waals surface area (Å²) in [5, 5.41) is 12.8. The number of ether oxygens (including phenoxy) is 2. The number of benzene rings is 1. The third-order valence-corrected chi connectivity index (χ3v) is 4.94. The third kappa shape index (κ3) is 5.61. The van der Waals surface area contributed by atoms with Crippen molar-refractivity contribution in [1.82, 2.24) is 5.32 Å². The van der Waals surface area contributed by atoms with Gasteiger partial charge in [-0.25, -0.2) is 4.79 Å². The standard InChI is InChI=1S/C20H25ClN2O4/c1-13-9-16(21)10-14(2)18(13)26-11-17(24)27-15(3)19(25)23-20(12-22)7-5-4-6-8-20/h9-10,15H,4-8,11H2,1-3H3,(H,23,25)/t15-/m1/s1. The lowest BCUT2D eigenvalue weighted by molar-refractivity contribution is -0.157. The summed E-state index contributed by atoms with van der Waals surface area (Å²) < 4.78 is 10.7. The zero-order chi connectivity index (χ0) is 20.0. The average Bonchev–Trinajstić information content (AvgIpc) is 2.61. The van der Waals surface area contributed by atoms with Gasteiger partial charge in [0.1, 0.15) is 11.3 Å². The Labute approximate surface area is 164 Å². The van der Waals surface area contributed by atoms with Crippen LogP contribution in [0.1, 0.15) is 50.2 Å². The lowest BCUT2D eigenvalue weighted by atomic mass is 9.83. The zero-order valence-electron chi connectivity index (χ0n) is 15.9. The molecule has 2 rings (SSSR count). The third-order valence-electron chi connectivity index (χ3n) is 4.72. The molecule has 0 aromatic heterocycles. The van der Waals surface area contributed by atoms with E-state index in [-0.39, 0.29) is 6.61 Å². The minimum Gasteiger partial charge on any atom is -0.481 e. The van der Waals surface area contributed by atoms with Gasteiger partial charge >= 0.3 is 5.97 Å². The lowest BCUT2D eigenvalue weighted by Crippen LogP contribution is -2.52. The first kappa shape index (κ1) is 21.0. The molecular formula is C20H25ClN2O4. The van der Waals surface area contributed by atoms with Crippen molar-refractivity contribution < 1.29 is 19.1 Å². The zero-order valence-corrected chi connectivity index (χ0v) is 16.7. The van der Waals surface area contributed by atoms with Crippen LogP contribution >= 0.6 is 11.6 Å². The van der Waals surface area contributed by atoms with Crippen molar-refractivity contribution in [3.8, 4) is 11.8 Å². The van der Waals surface area contributed by atoms with Crippen LogP contribution in [0.4, 0.5) is 0 Å². The first-order valence-corrected chi connectivity index (χ1v) is 9.46. The summed E-state index contributed by atoms with van der Waals surface area (Å²) in [6, 6.07) is 5.71. The van der Waals surface area contributed by atoms with Gasteiger partial charge in [0, 0.05) is 5.02 Å². The van der Waals surface area contributed by atoms with E-state index < -0.39 is 23.5 Å². The van der Waals surface area contributed by atoms with E-state index >= 15 is 0 Å². The van der Waals surface area contributed by atoms with Crippen molar-refractivity contribution in [3.05, 3.63) is 28.3 Å². The summed E-state index contributed by atoms with van der Waals surface area (Å²) in [6.45, 7) is 4.84. The molecule has 0 saturated heterocycles. The van der Waals surface area contributed by atoms with Crippen molar-refractivity contribution in [2.24, 2.45) is 0 Å². The molecule has 1 aliphatic rings. The fraction of sp³-hybridized carbons (Fsp3) is 0.550. The molecule has 1 fully saturated rings. The number of nitrogens with zero attached hydrogens (tertiary/aromatic N) is 1. The van der Waals surface area contributed by atoms with Crippen LogP contribution < -0.4 is 10.1 Å². The molecule has 1 aromatic carbocycles. The number of aryl methyl sites for hydroxylation is 2. The van der Waals surface area contributed by atoms with E-state index in [4.69, 9.17) is 21.1 Å². The number of rotatable bonds is 6. The van der Waals surface area contributed by atoms with Crippen molar-refractivity contribution in [1.29, 1.82) is 5.26 Å². The van der Waals surface area contributed by atoms with Gasteiger partial charge in [-0.2, -0.15) is 5.26 Å². The van der Waals surface area contributed by atoms with Crippen LogP contribution in [0.3, 0.4) is 0 Å². The molecule has 0 spiro atoms. The molecule has 1 atom stereocenters. The smallest absolute Gasteiger partial charge is 0.344 e.